The Kier molecular flexibility index (Phi) is 2.00. The maximum Gasteiger partial charge on any atom is 0.222 e. The van der Waals surface area contributed by atoms with Crippen LogP contribution in [0.1, 0.15) is 31.2 Å². The van der Waals surface area contributed by atoms with Gasteiger partial charge < -0.3 is 5.32 Å². The van der Waals surface area contributed by atoms with Crippen molar-refractivity contribution >= 4 is 11.7 Å². The number of carbonyl (C=O) groups is 1. The first kappa shape index (κ1) is 8.23. The summed E-state index contributed by atoms with van der Waals surface area (Å²) in [5.74, 6) is 1.28. The Morgan fingerprint density at radius 2 is 2.31 bits per heavy atom. The van der Waals surface area contributed by atoms with E-state index in [1.54, 1.807) is 0 Å². The van der Waals surface area contributed by atoms with Crippen LogP contribution in [0.3, 0.4) is 0 Å². The first-order chi connectivity index (χ1) is 6.25. The van der Waals surface area contributed by atoms with E-state index in [0.29, 0.717) is 5.82 Å². The third kappa shape index (κ3) is 2.05. The molecule has 1 amide bonds. The van der Waals surface area contributed by atoms with Crippen LogP contribution in [0.4, 0.5) is 5.82 Å². The molecule has 1 N–H and O–H groups in total. The smallest absolute Gasteiger partial charge is 0.222 e. The molecule has 1 aromatic rings. The molecule has 0 aliphatic heterocycles. The molecule has 0 spiro atoms. The highest BCUT2D eigenvalue weighted by molar-refractivity contribution is 5.87. The minimum atomic E-state index is -0.0772. The maximum absolute atomic E-state index is 10.7. The van der Waals surface area contributed by atoms with Crippen LogP contribution in [0, 0.1) is 0 Å². The number of hydrogen-bond donors (Lipinski definition) is 1. The fourth-order valence-corrected chi connectivity index (χ4v) is 1.32. The number of nitrogens with zero attached hydrogens (tertiary/aromatic N) is 1. The lowest BCUT2D eigenvalue weighted by Gasteiger charge is -2.01. The molecule has 1 fully saturated rings. The summed E-state index contributed by atoms with van der Waals surface area (Å²) >= 11 is 0. The van der Waals surface area contributed by atoms with Crippen molar-refractivity contribution in [3.05, 3.63) is 23.9 Å². The summed E-state index contributed by atoms with van der Waals surface area (Å²) in [6, 6.07) is 3.89. The Hall–Kier alpha value is -1.38. The van der Waals surface area contributed by atoms with Crippen LogP contribution in [-0.4, -0.2) is 10.9 Å². The topological polar surface area (TPSA) is 42.0 Å². The van der Waals surface area contributed by atoms with Crippen LogP contribution < -0.4 is 5.32 Å². The van der Waals surface area contributed by atoms with Gasteiger partial charge in [-0.3, -0.25) is 4.79 Å². The maximum atomic E-state index is 10.7. The van der Waals surface area contributed by atoms with Gasteiger partial charge in [0.2, 0.25) is 5.91 Å². The van der Waals surface area contributed by atoms with Crippen LogP contribution in [0.15, 0.2) is 18.3 Å². The number of nitrogens with one attached hydrogen (secondary N) is 1. The predicted octanol–water partition coefficient (Wildman–Crippen LogP) is 1.92. The lowest BCUT2D eigenvalue weighted by molar-refractivity contribution is -0.114. The summed E-state index contributed by atoms with van der Waals surface area (Å²) in [7, 11) is 0. The molecule has 3 nitrogen and oxygen atoms in total. The number of hydrogen-bond acceptors (Lipinski definition) is 2. The minimum absolute atomic E-state index is 0.0772. The Bertz CT molecular complexity index is 314. The second kappa shape index (κ2) is 3.17. The van der Waals surface area contributed by atoms with Crippen molar-refractivity contribution in [3.63, 3.8) is 0 Å². The van der Waals surface area contributed by atoms with E-state index in [9.17, 15) is 4.79 Å². The number of pyridine rings is 1. The zero-order valence-corrected chi connectivity index (χ0v) is 7.58. The van der Waals surface area contributed by atoms with Gasteiger partial charge in [0.25, 0.3) is 0 Å². The van der Waals surface area contributed by atoms with E-state index < -0.39 is 0 Å². The van der Waals surface area contributed by atoms with Crippen LogP contribution in [0.2, 0.25) is 0 Å². The fraction of sp³-hybridized carbons (Fsp3) is 0.400. The first-order valence-corrected chi connectivity index (χ1v) is 4.49. The normalized spacial score (nSPS) is 15.5. The van der Waals surface area contributed by atoms with Crippen molar-refractivity contribution in [1.29, 1.82) is 0 Å². The van der Waals surface area contributed by atoms with Crippen LogP contribution in [-0.2, 0) is 4.79 Å². The van der Waals surface area contributed by atoms with E-state index in [-0.39, 0.29) is 5.91 Å². The summed E-state index contributed by atoms with van der Waals surface area (Å²) in [6.45, 7) is 1.48. The quantitative estimate of drug-likeness (QED) is 0.748. The molecule has 3 heteroatoms. The molecule has 0 aromatic carbocycles. The predicted molar refractivity (Wildman–Crippen MR) is 50.5 cm³/mol. The van der Waals surface area contributed by atoms with Gasteiger partial charge in [-0.05, 0) is 30.4 Å². The van der Waals surface area contributed by atoms with Gasteiger partial charge in [0.15, 0.2) is 0 Å². The van der Waals surface area contributed by atoms with E-state index in [2.05, 4.69) is 10.3 Å². The van der Waals surface area contributed by atoms with E-state index >= 15 is 0 Å². The van der Waals surface area contributed by atoms with Crippen molar-refractivity contribution < 1.29 is 4.79 Å². The first-order valence-electron chi connectivity index (χ1n) is 4.49. The third-order valence-corrected chi connectivity index (χ3v) is 2.14. The Morgan fingerprint density at radius 1 is 1.54 bits per heavy atom. The van der Waals surface area contributed by atoms with Crippen molar-refractivity contribution in [2.45, 2.75) is 25.7 Å². The highest BCUT2D eigenvalue weighted by Crippen LogP contribution is 2.39. The van der Waals surface area contributed by atoms with Gasteiger partial charge in [0.1, 0.15) is 5.82 Å². The monoisotopic (exact) mass is 176 g/mol. The average Bonchev–Trinajstić information content (AvgIpc) is 2.87. The Labute approximate surface area is 77.2 Å². The SMILES string of the molecule is CC(=O)Nc1ccc(C2CC2)cn1. The molecule has 0 bridgehead atoms. The van der Waals surface area contributed by atoms with Gasteiger partial charge in [-0.15, -0.1) is 0 Å². The summed E-state index contributed by atoms with van der Waals surface area (Å²) in [5.41, 5.74) is 1.29. The molecule has 1 saturated carbocycles. The van der Waals surface area contributed by atoms with Gasteiger partial charge in [0.05, 0.1) is 0 Å². The van der Waals surface area contributed by atoms with Gasteiger partial charge in [-0.25, -0.2) is 4.98 Å². The van der Waals surface area contributed by atoms with Crippen LogP contribution >= 0.6 is 0 Å². The van der Waals surface area contributed by atoms with Crippen molar-refractivity contribution in [3.8, 4) is 0 Å². The largest absolute Gasteiger partial charge is 0.311 e. The summed E-state index contributed by atoms with van der Waals surface area (Å²) in [5, 5.41) is 2.64. The molecule has 13 heavy (non-hydrogen) atoms. The number of anilines is 1. The van der Waals surface area contributed by atoms with E-state index in [4.69, 9.17) is 0 Å². The molecule has 0 radical (unpaired) electrons. The van der Waals surface area contributed by atoms with Crippen molar-refractivity contribution in [1.82, 2.24) is 4.98 Å². The fourth-order valence-electron chi connectivity index (χ4n) is 1.32. The minimum Gasteiger partial charge on any atom is -0.311 e. The van der Waals surface area contributed by atoms with Gasteiger partial charge in [-0.2, -0.15) is 0 Å². The molecule has 0 atom stereocenters. The highest BCUT2D eigenvalue weighted by Gasteiger charge is 2.23. The van der Waals surface area contributed by atoms with Crippen molar-refractivity contribution in [2.24, 2.45) is 0 Å². The molecule has 1 heterocycles. The molecule has 0 unspecified atom stereocenters. The zero-order valence-electron chi connectivity index (χ0n) is 7.58. The van der Waals surface area contributed by atoms with Gasteiger partial charge in [-0.1, -0.05) is 6.07 Å². The molecular formula is C10H12N2O. The molecule has 1 aliphatic carbocycles. The van der Waals surface area contributed by atoms with Gasteiger partial charge in [0, 0.05) is 13.1 Å². The molecule has 68 valence electrons. The third-order valence-electron chi connectivity index (χ3n) is 2.14. The molecule has 1 aliphatic rings. The lowest BCUT2D eigenvalue weighted by Crippen LogP contribution is -2.07. The molecule has 2 rings (SSSR count). The average molecular weight is 176 g/mol. The Morgan fingerprint density at radius 3 is 2.77 bits per heavy atom. The van der Waals surface area contributed by atoms with E-state index in [0.717, 1.165) is 5.92 Å². The summed E-state index contributed by atoms with van der Waals surface area (Å²) in [6.07, 6.45) is 4.41. The zero-order chi connectivity index (χ0) is 9.26. The van der Waals surface area contributed by atoms with E-state index in [1.165, 1.54) is 25.3 Å². The summed E-state index contributed by atoms with van der Waals surface area (Å²) in [4.78, 5) is 14.8. The standard InChI is InChI=1S/C10H12N2O/c1-7(13)12-10-5-4-9(6-11-10)8-2-3-8/h4-6,8H,2-3H2,1H3,(H,11,12,13). The second-order valence-electron chi connectivity index (χ2n) is 3.43. The number of carbonyl (C=O) groups excluding carboxylic acids is 1. The number of amides is 1. The number of rotatable bonds is 2. The van der Waals surface area contributed by atoms with Crippen LogP contribution in [0.25, 0.3) is 0 Å². The second-order valence-corrected chi connectivity index (χ2v) is 3.43. The molecule has 1 aromatic heterocycles. The molecule has 0 saturated heterocycles. The summed E-state index contributed by atoms with van der Waals surface area (Å²) < 4.78 is 0. The van der Waals surface area contributed by atoms with Crippen LogP contribution in [0.5, 0.6) is 0 Å². The Balaban J connectivity index is 2.08. The van der Waals surface area contributed by atoms with E-state index in [1.807, 2.05) is 18.3 Å². The van der Waals surface area contributed by atoms with Crippen molar-refractivity contribution in [2.75, 3.05) is 5.32 Å². The van der Waals surface area contributed by atoms with Gasteiger partial charge >= 0.3 is 0 Å². The molecular weight excluding hydrogens is 164 g/mol. The number of aromatic nitrogens is 1. The lowest BCUT2D eigenvalue weighted by atomic mass is 10.2. The highest BCUT2D eigenvalue weighted by atomic mass is 16.1.